The molecule has 0 unspecified atom stereocenters. The van der Waals surface area contributed by atoms with Gasteiger partial charge in [-0.15, -0.1) is 0 Å². The Labute approximate surface area is 106 Å². The molecule has 0 saturated carbocycles. The second kappa shape index (κ2) is 11.4. The van der Waals surface area contributed by atoms with Crippen molar-refractivity contribution >= 4 is 0 Å². The molecule has 1 aliphatic rings. The third-order valence-corrected chi connectivity index (χ3v) is 2.00. The first-order valence-electron chi connectivity index (χ1n) is 5.30. The molecule has 0 heterocycles. The first-order chi connectivity index (χ1) is 7.00. The summed E-state index contributed by atoms with van der Waals surface area (Å²) in [6.07, 6.45) is 14.0. The molecule has 0 aliphatic heterocycles. The van der Waals surface area contributed by atoms with Crippen LogP contribution in [0.5, 0.6) is 0 Å². The largest absolute Gasteiger partial charge is 0.0882 e. The van der Waals surface area contributed by atoms with Gasteiger partial charge in [-0.25, -0.2) is 0 Å². The van der Waals surface area contributed by atoms with Crippen LogP contribution in [0.2, 0.25) is 0 Å². The fraction of sp³-hybridized carbons (Fsp3) is 0.286. The molecular formula is C14H18Ru. The van der Waals surface area contributed by atoms with Gasteiger partial charge in [-0.3, -0.25) is 0 Å². The number of allylic oxidation sites excluding steroid dienone is 4. The van der Waals surface area contributed by atoms with Gasteiger partial charge in [0.2, 0.25) is 0 Å². The zero-order valence-electron chi connectivity index (χ0n) is 8.96. The predicted octanol–water partition coefficient (Wildman–Crippen LogP) is 4.36. The quantitative estimate of drug-likeness (QED) is 0.491. The predicted molar refractivity (Wildman–Crippen MR) is 63.2 cm³/mol. The van der Waals surface area contributed by atoms with Gasteiger partial charge in [0.05, 0.1) is 0 Å². The molecule has 2 rings (SSSR count). The average molecular weight is 287 g/mol. The fourth-order valence-electron chi connectivity index (χ4n) is 1.24. The van der Waals surface area contributed by atoms with Crippen molar-refractivity contribution in [2.45, 2.75) is 25.7 Å². The zero-order valence-corrected chi connectivity index (χ0v) is 10.7. The molecule has 0 saturated heterocycles. The summed E-state index contributed by atoms with van der Waals surface area (Å²) in [6.45, 7) is 0. The van der Waals surface area contributed by atoms with E-state index >= 15 is 0 Å². The zero-order chi connectivity index (χ0) is 9.90. The maximum atomic E-state index is 2.27. The third kappa shape index (κ3) is 9.62. The normalized spacial score (nSPS) is 16.0. The monoisotopic (exact) mass is 288 g/mol. The van der Waals surface area contributed by atoms with E-state index in [1.54, 1.807) is 0 Å². The molecule has 1 aromatic rings. The van der Waals surface area contributed by atoms with Gasteiger partial charge in [0.25, 0.3) is 0 Å². The molecule has 0 aromatic heterocycles. The maximum Gasteiger partial charge on any atom is 0 e. The van der Waals surface area contributed by atoms with Crippen LogP contribution in [-0.2, 0) is 19.5 Å². The second-order valence-corrected chi connectivity index (χ2v) is 3.25. The summed E-state index contributed by atoms with van der Waals surface area (Å²) in [7, 11) is 0. The molecular weight excluding hydrogens is 269 g/mol. The van der Waals surface area contributed by atoms with Gasteiger partial charge >= 0.3 is 0 Å². The third-order valence-electron chi connectivity index (χ3n) is 2.00. The summed E-state index contributed by atoms with van der Waals surface area (Å²) in [5.41, 5.74) is 0. The van der Waals surface area contributed by atoms with Crippen LogP contribution >= 0.6 is 0 Å². The minimum Gasteiger partial charge on any atom is -0.0882 e. The second-order valence-electron chi connectivity index (χ2n) is 3.25. The smallest absolute Gasteiger partial charge is 0 e. The molecule has 0 N–H and O–H groups in total. The molecule has 1 aliphatic carbocycles. The van der Waals surface area contributed by atoms with Gasteiger partial charge in [-0.2, -0.15) is 0 Å². The van der Waals surface area contributed by atoms with Crippen LogP contribution in [-0.4, -0.2) is 0 Å². The summed E-state index contributed by atoms with van der Waals surface area (Å²) in [4.78, 5) is 0. The Bertz CT molecular complexity index is 209. The maximum absolute atomic E-state index is 2.27. The molecule has 1 aromatic carbocycles. The van der Waals surface area contributed by atoms with Crippen molar-refractivity contribution in [3.63, 3.8) is 0 Å². The van der Waals surface area contributed by atoms with E-state index in [-0.39, 0.29) is 19.5 Å². The molecule has 0 spiro atoms. The van der Waals surface area contributed by atoms with Crippen LogP contribution in [0.1, 0.15) is 25.7 Å². The van der Waals surface area contributed by atoms with E-state index in [0.29, 0.717) is 0 Å². The summed E-state index contributed by atoms with van der Waals surface area (Å²) in [5, 5.41) is 0. The van der Waals surface area contributed by atoms with Crippen molar-refractivity contribution in [3.8, 4) is 0 Å². The van der Waals surface area contributed by atoms with Crippen molar-refractivity contribution in [3.05, 3.63) is 60.7 Å². The Hall–Kier alpha value is -0.677. The van der Waals surface area contributed by atoms with Gasteiger partial charge in [0.15, 0.2) is 0 Å². The van der Waals surface area contributed by atoms with Crippen molar-refractivity contribution in [1.82, 2.24) is 0 Å². The Balaban J connectivity index is 0.000000253. The van der Waals surface area contributed by atoms with Crippen LogP contribution in [0.15, 0.2) is 60.7 Å². The Kier molecular flexibility index (Phi) is 10.9. The van der Waals surface area contributed by atoms with Gasteiger partial charge in [0.1, 0.15) is 0 Å². The van der Waals surface area contributed by atoms with E-state index < -0.39 is 0 Å². The average Bonchev–Trinajstić information content (AvgIpc) is 2.20. The number of benzene rings is 1. The standard InChI is InChI=1S/C8H12.C6H6.Ru/c1-2-4-6-8-7-5-3-1;1-2-4-6-5-3-1;/h1-2,7-8H,3-6H2;1-6H;/b2-1-,8-7?;;. The molecule has 1 heteroatoms. The van der Waals surface area contributed by atoms with Crippen LogP contribution in [0, 0.1) is 0 Å². The van der Waals surface area contributed by atoms with Crippen LogP contribution in [0.4, 0.5) is 0 Å². The van der Waals surface area contributed by atoms with Gasteiger partial charge in [-0.05, 0) is 25.7 Å². The summed E-state index contributed by atoms with van der Waals surface area (Å²) >= 11 is 0. The van der Waals surface area contributed by atoms with Crippen LogP contribution < -0.4 is 0 Å². The minimum atomic E-state index is 0. The molecule has 0 bridgehead atoms. The van der Waals surface area contributed by atoms with Crippen molar-refractivity contribution < 1.29 is 19.5 Å². The Morgan fingerprint density at radius 2 is 0.600 bits per heavy atom. The van der Waals surface area contributed by atoms with Crippen molar-refractivity contribution in [2.24, 2.45) is 0 Å². The molecule has 0 radical (unpaired) electrons. The fourth-order valence-corrected chi connectivity index (χ4v) is 1.24. The molecule has 0 fully saturated rings. The summed E-state index contributed by atoms with van der Waals surface area (Å²) in [5.74, 6) is 0. The van der Waals surface area contributed by atoms with E-state index in [0.717, 1.165) is 0 Å². The topological polar surface area (TPSA) is 0 Å². The Morgan fingerprint density at radius 3 is 0.800 bits per heavy atom. The van der Waals surface area contributed by atoms with E-state index in [2.05, 4.69) is 24.3 Å². The van der Waals surface area contributed by atoms with Crippen molar-refractivity contribution in [1.29, 1.82) is 0 Å². The van der Waals surface area contributed by atoms with Crippen LogP contribution in [0.3, 0.4) is 0 Å². The minimum absolute atomic E-state index is 0. The van der Waals surface area contributed by atoms with E-state index in [4.69, 9.17) is 0 Å². The number of hydrogen-bond acceptors (Lipinski definition) is 0. The Morgan fingerprint density at radius 1 is 0.400 bits per heavy atom. The van der Waals surface area contributed by atoms with Crippen molar-refractivity contribution in [2.75, 3.05) is 0 Å². The van der Waals surface area contributed by atoms with E-state index in [9.17, 15) is 0 Å². The first-order valence-corrected chi connectivity index (χ1v) is 5.30. The molecule has 82 valence electrons. The number of hydrogen-bond donors (Lipinski definition) is 0. The summed E-state index contributed by atoms with van der Waals surface area (Å²) in [6, 6.07) is 12.0. The molecule has 0 amide bonds. The van der Waals surface area contributed by atoms with E-state index in [1.165, 1.54) is 25.7 Å². The van der Waals surface area contributed by atoms with Gasteiger partial charge < -0.3 is 0 Å². The van der Waals surface area contributed by atoms with Gasteiger partial charge in [0, 0.05) is 19.5 Å². The summed E-state index contributed by atoms with van der Waals surface area (Å²) < 4.78 is 0. The first kappa shape index (κ1) is 14.3. The molecule has 15 heavy (non-hydrogen) atoms. The van der Waals surface area contributed by atoms with Gasteiger partial charge in [-0.1, -0.05) is 60.7 Å². The SMILES string of the molecule is C1=CCC/C=C\CC1.[Ru].c1ccccc1. The van der Waals surface area contributed by atoms with Crippen LogP contribution in [0.25, 0.3) is 0 Å². The molecule has 0 atom stereocenters. The molecule has 0 nitrogen and oxygen atoms in total. The number of rotatable bonds is 0. The van der Waals surface area contributed by atoms with E-state index in [1.807, 2.05) is 36.4 Å².